The van der Waals surface area contributed by atoms with Crippen LogP contribution in [0.5, 0.6) is 0 Å². The number of hydrogen-bond donors (Lipinski definition) is 3. The summed E-state index contributed by atoms with van der Waals surface area (Å²) >= 11 is 0. The van der Waals surface area contributed by atoms with Gasteiger partial charge in [0.2, 0.25) is 5.91 Å². The van der Waals surface area contributed by atoms with E-state index >= 15 is 0 Å². The van der Waals surface area contributed by atoms with E-state index in [0.717, 1.165) is 24.1 Å². The van der Waals surface area contributed by atoms with Gasteiger partial charge in [0.1, 0.15) is 0 Å². The van der Waals surface area contributed by atoms with E-state index in [0.29, 0.717) is 12.8 Å². The van der Waals surface area contributed by atoms with E-state index in [9.17, 15) is 9.90 Å². The molecule has 0 saturated heterocycles. The van der Waals surface area contributed by atoms with Crippen LogP contribution in [0, 0.1) is 0 Å². The van der Waals surface area contributed by atoms with Gasteiger partial charge < -0.3 is 15.7 Å². The van der Waals surface area contributed by atoms with Crippen molar-refractivity contribution in [3.05, 3.63) is 35.4 Å². The molecule has 2 rings (SSSR count). The Morgan fingerprint density at radius 3 is 3.00 bits per heavy atom. The van der Waals surface area contributed by atoms with Crippen LogP contribution < -0.4 is 10.6 Å². The van der Waals surface area contributed by atoms with Crippen LogP contribution in [0.2, 0.25) is 0 Å². The van der Waals surface area contributed by atoms with Crippen molar-refractivity contribution >= 4 is 5.91 Å². The van der Waals surface area contributed by atoms with Crippen LogP contribution in [0.4, 0.5) is 0 Å². The zero-order valence-corrected chi connectivity index (χ0v) is 10.6. The maximum absolute atomic E-state index is 11.8. The molecule has 0 saturated carbocycles. The highest BCUT2D eigenvalue weighted by atomic mass is 16.3. The van der Waals surface area contributed by atoms with Crippen molar-refractivity contribution in [1.29, 1.82) is 0 Å². The highest BCUT2D eigenvalue weighted by molar-refractivity contribution is 5.76. The van der Waals surface area contributed by atoms with Crippen LogP contribution in [-0.4, -0.2) is 30.7 Å². The molecule has 1 amide bonds. The average Bonchev–Trinajstić information content (AvgIpc) is 2.67. The molecule has 0 heterocycles. The summed E-state index contributed by atoms with van der Waals surface area (Å²) in [4.78, 5) is 11.8. The standard InChI is InChI=1S/C14H20N2O2/c1-15-8-4-7-13(18)16-14-11-6-3-2-5-10(11)9-12(14)17/h2-3,5-6,12,14-15,17H,4,7-9H2,1H3,(H,16,18)/t12-,14+/m1/s1. The van der Waals surface area contributed by atoms with E-state index in [1.165, 1.54) is 0 Å². The number of hydrogen-bond acceptors (Lipinski definition) is 3. The molecule has 98 valence electrons. The first-order valence-electron chi connectivity index (χ1n) is 6.42. The fourth-order valence-electron chi connectivity index (χ4n) is 2.42. The Bertz CT molecular complexity index is 420. The normalized spacial score (nSPS) is 21.7. The van der Waals surface area contributed by atoms with Crippen LogP contribution in [0.3, 0.4) is 0 Å². The molecule has 0 unspecified atom stereocenters. The van der Waals surface area contributed by atoms with Gasteiger partial charge in [0.15, 0.2) is 0 Å². The van der Waals surface area contributed by atoms with Crippen molar-refractivity contribution < 1.29 is 9.90 Å². The molecule has 1 aliphatic carbocycles. The van der Waals surface area contributed by atoms with Gasteiger partial charge in [0.25, 0.3) is 0 Å². The second-order valence-corrected chi connectivity index (χ2v) is 4.72. The Hall–Kier alpha value is -1.39. The molecule has 2 atom stereocenters. The minimum absolute atomic E-state index is 0.00556. The lowest BCUT2D eigenvalue weighted by molar-refractivity contribution is -0.122. The summed E-state index contributed by atoms with van der Waals surface area (Å²) in [5.74, 6) is 0.00556. The molecule has 3 N–H and O–H groups in total. The van der Waals surface area contributed by atoms with Gasteiger partial charge in [-0.25, -0.2) is 0 Å². The number of benzene rings is 1. The Kier molecular flexibility index (Phi) is 4.33. The van der Waals surface area contributed by atoms with E-state index in [1.807, 2.05) is 31.3 Å². The number of rotatable bonds is 5. The van der Waals surface area contributed by atoms with Crippen LogP contribution in [0.25, 0.3) is 0 Å². The van der Waals surface area contributed by atoms with Gasteiger partial charge in [0.05, 0.1) is 12.1 Å². The Morgan fingerprint density at radius 2 is 2.22 bits per heavy atom. The minimum atomic E-state index is -0.504. The largest absolute Gasteiger partial charge is 0.390 e. The summed E-state index contributed by atoms with van der Waals surface area (Å²) in [5, 5.41) is 15.9. The summed E-state index contributed by atoms with van der Waals surface area (Å²) in [6.45, 7) is 0.831. The predicted octanol–water partition coefficient (Wildman–Crippen LogP) is 0.760. The van der Waals surface area contributed by atoms with Crippen molar-refractivity contribution in [2.24, 2.45) is 0 Å². The Labute approximate surface area is 107 Å². The summed E-state index contributed by atoms with van der Waals surface area (Å²) in [6.07, 6.45) is 1.42. The molecule has 0 aromatic heterocycles. The van der Waals surface area contributed by atoms with Crippen LogP contribution in [0.15, 0.2) is 24.3 Å². The molecule has 0 aliphatic heterocycles. The van der Waals surface area contributed by atoms with Gasteiger partial charge in [-0.3, -0.25) is 4.79 Å². The first kappa shape index (κ1) is 13.1. The number of amides is 1. The number of aliphatic hydroxyl groups is 1. The summed E-state index contributed by atoms with van der Waals surface area (Å²) in [6, 6.07) is 7.64. The highest BCUT2D eigenvalue weighted by Crippen LogP contribution is 2.31. The van der Waals surface area contributed by atoms with Gasteiger partial charge in [-0.15, -0.1) is 0 Å². The van der Waals surface area contributed by atoms with Crippen LogP contribution in [0.1, 0.15) is 30.0 Å². The number of nitrogens with one attached hydrogen (secondary N) is 2. The highest BCUT2D eigenvalue weighted by Gasteiger charge is 2.31. The van der Waals surface area contributed by atoms with Gasteiger partial charge >= 0.3 is 0 Å². The van der Waals surface area contributed by atoms with E-state index in [2.05, 4.69) is 10.6 Å². The third kappa shape index (κ3) is 2.89. The van der Waals surface area contributed by atoms with Gasteiger partial charge in [-0.1, -0.05) is 24.3 Å². The predicted molar refractivity (Wildman–Crippen MR) is 70.2 cm³/mol. The van der Waals surface area contributed by atoms with Gasteiger partial charge in [-0.05, 0) is 31.1 Å². The third-order valence-electron chi connectivity index (χ3n) is 3.35. The maximum atomic E-state index is 11.8. The second-order valence-electron chi connectivity index (χ2n) is 4.72. The number of carbonyl (C=O) groups excluding carboxylic acids is 1. The molecule has 0 spiro atoms. The third-order valence-corrected chi connectivity index (χ3v) is 3.35. The van der Waals surface area contributed by atoms with Crippen molar-refractivity contribution in [2.45, 2.75) is 31.4 Å². The zero-order chi connectivity index (χ0) is 13.0. The van der Waals surface area contributed by atoms with Crippen molar-refractivity contribution in [3.63, 3.8) is 0 Å². The van der Waals surface area contributed by atoms with E-state index in [-0.39, 0.29) is 11.9 Å². The van der Waals surface area contributed by atoms with E-state index < -0.39 is 6.10 Å². The molecule has 1 aliphatic rings. The molecule has 4 heteroatoms. The van der Waals surface area contributed by atoms with E-state index in [4.69, 9.17) is 0 Å². The monoisotopic (exact) mass is 248 g/mol. The average molecular weight is 248 g/mol. The molecule has 0 radical (unpaired) electrons. The summed E-state index contributed by atoms with van der Waals surface area (Å²) in [7, 11) is 1.87. The molecule has 0 fully saturated rings. The molecule has 1 aromatic carbocycles. The topological polar surface area (TPSA) is 61.4 Å². The van der Waals surface area contributed by atoms with Crippen molar-refractivity contribution in [1.82, 2.24) is 10.6 Å². The SMILES string of the molecule is CNCCCC(=O)N[C@H]1c2ccccc2C[C@H]1O. The van der Waals surface area contributed by atoms with Crippen LogP contribution >= 0.6 is 0 Å². The molecule has 1 aromatic rings. The molecule has 18 heavy (non-hydrogen) atoms. The smallest absolute Gasteiger partial charge is 0.220 e. The quantitative estimate of drug-likeness (QED) is 0.674. The van der Waals surface area contributed by atoms with Crippen molar-refractivity contribution in [3.8, 4) is 0 Å². The Balaban J connectivity index is 1.95. The minimum Gasteiger partial charge on any atom is -0.390 e. The van der Waals surface area contributed by atoms with Gasteiger partial charge in [0, 0.05) is 12.8 Å². The Morgan fingerprint density at radius 1 is 1.44 bits per heavy atom. The number of carbonyl (C=O) groups is 1. The zero-order valence-electron chi connectivity index (χ0n) is 10.6. The lowest BCUT2D eigenvalue weighted by atomic mass is 10.1. The van der Waals surface area contributed by atoms with Crippen LogP contribution in [-0.2, 0) is 11.2 Å². The molecular weight excluding hydrogens is 228 g/mol. The molecule has 0 bridgehead atoms. The summed E-state index contributed by atoms with van der Waals surface area (Å²) in [5.41, 5.74) is 2.18. The fraction of sp³-hybridized carbons (Fsp3) is 0.500. The molecular formula is C14H20N2O2. The van der Waals surface area contributed by atoms with Crippen molar-refractivity contribution in [2.75, 3.05) is 13.6 Å². The lowest BCUT2D eigenvalue weighted by Gasteiger charge is -2.17. The van der Waals surface area contributed by atoms with Gasteiger partial charge in [-0.2, -0.15) is 0 Å². The van der Waals surface area contributed by atoms with E-state index in [1.54, 1.807) is 0 Å². The first-order chi connectivity index (χ1) is 8.72. The lowest BCUT2D eigenvalue weighted by Crippen LogP contribution is -2.34. The first-order valence-corrected chi connectivity index (χ1v) is 6.42. The number of aliphatic hydroxyl groups excluding tert-OH is 1. The molecule has 4 nitrogen and oxygen atoms in total. The fourth-order valence-corrected chi connectivity index (χ4v) is 2.42. The maximum Gasteiger partial charge on any atom is 0.220 e. The summed E-state index contributed by atoms with van der Waals surface area (Å²) < 4.78 is 0. The number of fused-ring (bicyclic) bond motifs is 1. The second kappa shape index (κ2) is 5.98.